The maximum absolute atomic E-state index is 12.1. The molecule has 1 heterocycles. The molecule has 4 heteroatoms. The van der Waals surface area contributed by atoms with Crippen molar-refractivity contribution in [1.82, 2.24) is 0 Å². The number of rotatable bonds is 3. The van der Waals surface area contributed by atoms with Crippen LogP contribution in [0.2, 0.25) is 0 Å². The summed E-state index contributed by atoms with van der Waals surface area (Å²) in [6.07, 6.45) is 0.226. The number of ketones is 1. The number of nitrogens with zero attached hydrogens (tertiary/aromatic N) is 1. The maximum Gasteiger partial charge on any atom is 0.268 e. The minimum Gasteiger partial charge on any atom is -0.478 e. The number of anilines is 1. The smallest absolute Gasteiger partial charge is 0.268 e. The van der Waals surface area contributed by atoms with Gasteiger partial charge in [0.2, 0.25) is 0 Å². The van der Waals surface area contributed by atoms with Crippen LogP contribution in [0.1, 0.15) is 37.6 Å². The second kappa shape index (κ2) is 4.80. The molecule has 0 saturated carbocycles. The number of ether oxygens (including phenoxy) is 1. The van der Waals surface area contributed by atoms with E-state index in [4.69, 9.17) is 4.74 Å². The maximum atomic E-state index is 12.1. The molecule has 0 aliphatic carbocycles. The summed E-state index contributed by atoms with van der Waals surface area (Å²) in [5.74, 6) is 0.625. The SMILES string of the molecule is CCC1Oc2ccc(C(C)=O)cc2N(CC)C1=O. The van der Waals surface area contributed by atoms with Gasteiger partial charge in [-0.2, -0.15) is 0 Å². The van der Waals surface area contributed by atoms with Crippen molar-refractivity contribution >= 4 is 17.4 Å². The molecule has 1 unspecified atom stereocenters. The Bertz CT molecular complexity index is 496. The van der Waals surface area contributed by atoms with Crippen molar-refractivity contribution in [3.63, 3.8) is 0 Å². The van der Waals surface area contributed by atoms with Gasteiger partial charge in [0.05, 0.1) is 5.69 Å². The van der Waals surface area contributed by atoms with Gasteiger partial charge in [0.15, 0.2) is 11.9 Å². The first-order chi connectivity index (χ1) is 8.58. The van der Waals surface area contributed by atoms with Gasteiger partial charge in [-0.3, -0.25) is 9.59 Å². The third-order valence-electron chi connectivity index (χ3n) is 3.15. The van der Waals surface area contributed by atoms with Crippen LogP contribution in [-0.4, -0.2) is 24.3 Å². The molecule has 0 aromatic heterocycles. The number of benzene rings is 1. The fraction of sp³-hybridized carbons (Fsp3) is 0.429. The highest BCUT2D eigenvalue weighted by molar-refractivity contribution is 6.02. The largest absolute Gasteiger partial charge is 0.478 e. The Morgan fingerprint density at radius 1 is 1.39 bits per heavy atom. The van der Waals surface area contributed by atoms with Gasteiger partial charge in [0.25, 0.3) is 5.91 Å². The summed E-state index contributed by atoms with van der Waals surface area (Å²) in [6.45, 7) is 5.93. The molecule has 0 radical (unpaired) electrons. The molecule has 2 rings (SSSR count). The molecule has 0 fully saturated rings. The lowest BCUT2D eigenvalue weighted by Crippen LogP contribution is -2.45. The summed E-state index contributed by atoms with van der Waals surface area (Å²) in [6, 6.07) is 5.23. The van der Waals surface area contributed by atoms with Gasteiger partial charge in [-0.1, -0.05) is 6.92 Å². The number of carbonyl (C=O) groups excluding carboxylic acids is 2. The molecule has 4 nitrogen and oxygen atoms in total. The average molecular weight is 247 g/mol. The van der Waals surface area contributed by atoms with Gasteiger partial charge in [0.1, 0.15) is 5.75 Å². The van der Waals surface area contributed by atoms with Gasteiger partial charge < -0.3 is 9.64 Å². The number of hydrogen-bond acceptors (Lipinski definition) is 3. The lowest BCUT2D eigenvalue weighted by atomic mass is 10.1. The van der Waals surface area contributed by atoms with Crippen LogP contribution >= 0.6 is 0 Å². The van der Waals surface area contributed by atoms with Crippen molar-refractivity contribution in [3.05, 3.63) is 23.8 Å². The summed E-state index contributed by atoms with van der Waals surface area (Å²) < 4.78 is 5.66. The second-order valence-electron chi connectivity index (χ2n) is 4.34. The van der Waals surface area contributed by atoms with Crippen molar-refractivity contribution in [2.45, 2.75) is 33.3 Å². The zero-order valence-electron chi connectivity index (χ0n) is 10.9. The Balaban J connectivity index is 2.49. The monoisotopic (exact) mass is 247 g/mol. The van der Waals surface area contributed by atoms with Gasteiger partial charge >= 0.3 is 0 Å². The van der Waals surface area contributed by atoms with E-state index in [0.717, 1.165) is 0 Å². The molecule has 1 aliphatic rings. The van der Waals surface area contributed by atoms with E-state index in [1.165, 1.54) is 6.92 Å². The topological polar surface area (TPSA) is 46.6 Å². The molecule has 1 aromatic rings. The molecule has 1 aliphatic heterocycles. The van der Waals surface area contributed by atoms with Crippen LogP contribution in [0.25, 0.3) is 0 Å². The number of fused-ring (bicyclic) bond motifs is 1. The summed E-state index contributed by atoms with van der Waals surface area (Å²) >= 11 is 0. The van der Waals surface area contributed by atoms with E-state index >= 15 is 0 Å². The highest BCUT2D eigenvalue weighted by atomic mass is 16.5. The highest BCUT2D eigenvalue weighted by Crippen LogP contribution is 2.35. The molecule has 18 heavy (non-hydrogen) atoms. The normalized spacial score (nSPS) is 18.3. The van der Waals surface area contributed by atoms with Crippen LogP contribution in [0.5, 0.6) is 5.75 Å². The number of carbonyl (C=O) groups is 2. The van der Waals surface area contributed by atoms with Crippen molar-refractivity contribution in [2.24, 2.45) is 0 Å². The van der Waals surface area contributed by atoms with Crippen molar-refractivity contribution < 1.29 is 14.3 Å². The predicted molar refractivity (Wildman–Crippen MR) is 69.2 cm³/mol. The summed E-state index contributed by atoms with van der Waals surface area (Å²) in [5, 5.41) is 0. The lowest BCUT2D eigenvalue weighted by Gasteiger charge is -2.33. The first kappa shape index (κ1) is 12.6. The molecule has 0 N–H and O–H groups in total. The summed E-state index contributed by atoms with van der Waals surface area (Å²) in [7, 11) is 0. The van der Waals surface area contributed by atoms with Crippen molar-refractivity contribution in [1.29, 1.82) is 0 Å². The zero-order valence-corrected chi connectivity index (χ0v) is 10.9. The molecule has 0 spiro atoms. The Kier molecular flexibility index (Phi) is 3.36. The Hall–Kier alpha value is -1.84. The van der Waals surface area contributed by atoms with E-state index in [0.29, 0.717) is 30.0 Å². The molecule has 1 amide bonds. The first-order valence-corrected chi connectivity index (χ1v) is 6.21. The summed E-state index contributed by atoms with van der Waals surface area (Å²) in [4.78, 5) is 25.2. The Morgan fingerprint density at radius 2 is 2.11 bits per heavy atom. The fourth-order valence-electron chi connectivity index (χ4n) is 2.13. The summed E-state index contributed by atoms with van der Waals surface area (Å²) in [5.41, 5.74) is 1.29. The third-order valence-corrected chi connectivity index (χ3v) is 3.15. The van der Waals surface area contributed by atoms with Crippen LogP contribution in [-0.2, 0) is 4.79 Å². The number of likely N-dealkylation sites (N-methyl/N-ethyl adjacent to an activating group) is 1. The highest BCUT2D eigenvalue weighted by Gasteiger charge is 2.32. The zero-order chi connectivity index (χ0) is 13.3. The van der Waals surface area contributed by atoms with Gasteiger partial charge in [-0.25, -0.2) is 0 Å². The lowest BCUT2D eigenvalue weighted by molar-refractivity contribution is -0.126. The number of amides is 1. The second-order valence-corrected chi connectivity index (χ2v) is 4.34. The minimum atomic E-state index is -0.416. The quantitative estimate of drug-likeness (QED) is 0.770. The van der Waals surface area contributed by atoms with Gasteiger partial charge in [0, 0.05) is 12.1 Å². The van der Waals surface area contributed by atoms with Crippen LogP contribution in [0.15, 0.2) is 18.2 Å². The molecule has 96 valence electrons. The third kappa shape index (κ3) is 1.98. The predicted octanol–water partition coefficient (Wildman–Crippen LogP) is 2.41. The first-order valence-electron chi connectivity index (χ1n) is 6.21. The molecular formula is C14H17NO3. The number of hydrogen-bond donors (Lipinski definition) is 0. The Morgan fingerprint density at radius 3 is 2.67 bits per heavy atom. The molecule has 1 aromatic carbocycles. The van der Waals surface area contributed by atoms with E-state index in [-0.39, 0.29) is 11.7 Å². The average Bonchev–Trinajstić information content (AvgIpc) is 2.37. The van der Waals surface area contributed by atoms with Crippen molar-refractivity contribution in [3.8, 4) is 5.75 Å². The van der Waals surface area contributed by atoms with Crippen LogP contribution in [0.4, 0.5) is 5.69 Å². The van der Waals surface area contributed by atoms with E-state index in [9.17, 15) is 9.59 Å². The van der Waals surface area contributed by atoms with E-state index in [1.807, 2.05) is 13.8 Å². The van der Waals surface area contributed by atoms with Crippen LogP contribution < -0.4 is 9.64 Å². The molecule has 0 saturated heterocycles. The minimum absolute atomic E-state index is 0.0149. The van der Waals surface area contributed by atoms with Gasteiger partial charge in [-0.05, 0) is 38.5 Å². The van der Waals surface area contributed by atoms with E-state index < -0.39 is 6.10 Å². The number of Topliss-reactive ketones (excluding diaryl/α,β-unsaturated/α-hetero) is 1. The van der Waals surface area contributed by atoms with Crippen LogP contribution in [0, 0.1) is 0 Å². The molecule has 1 atom stereocenters. The van der Waals surface area contributed by atoms with Crippen LogP contribution in [0.3, 0.4) is 0 Å². The van der Waals surface area contributed by atoms with Crippen molar-refractivity contribution in [2.75, 3.05) is 11.4 Å². The standard InChI is InChI=1S/C14H17NO3/c1-4-12-14(17)15(5-2)11-8-10(9(3)16)6-7-13(11)18-12/h6-8,12H,4-5H2,1-3H3. The fourth-order valence-corrected chi connectivity index (χ4v) is 2.13. The van der Waals surface area contributed by atoms with E-state index in [1.54, 1.807) is 23.1 Å². The molecular weight excluding hydrogens is 230 g/mol. The molecule has 0 bridgehead atoms. The Labute approximate surface area is 107 Å². The van der Waals surface area contributed by atoms with E-state index in [2.05, 4.69) is 0 Å². The van der Waals surface area contributed by atoms with Gasteiger partial charge in [-0.15, -0.1) is 0 Å².